The van der Waals surface area contributed by atoms with E-state index in [4.69, 9.17) is 4.74 Å². The predicted molar refractivity (Wildman–Crippen MR) is 48.0 cm³/mol. The molecule has 0 aromatic rings. The fourth-order valence-corrected chi connectivity index (χ4v) is 1.86. The van der Waals surface area contributed by atoms with Crippen molar-refractivity contribution in [2.24, 2.45) is 0 Å². The molecule has 0 spiro atoms. The van der Waals surface area contributed by atoms with Gasteiger partial charge in [0, 0.05) is 22.5 Å². The first kappa shape index (κ1) is 10.2. The molecular formula is C8H19OSi. The molecule has 1 radical (unpaired) electrons. The summed E-state index contributed by atoms with van der Waals surface area (Å²) in [5, 5.41) is 0. The number of ether oxygens (including phenoxy) is 1. The predicted octanol–water partition coefficient (Wildman–Crippen LogP) is 2.56. The first-order valence-corrected chi connectivity index (χ1v) is 6.76. The molecule has 0 atom stereocenters. The van der Waals surface area contributed by atoms with Crippen LogP contribution >= 0.6 is 0 Å². The van der Waals surface area contributed by atoms with Gasteiger partial charge in [-0.05, 0) is 6.42 Å². The fraction of sp³-hybridized carbons (Fsp3) is 1.00. The fourth-order valence-electron chi connectivity index (χ4n) is 0.902. The van der Waals surface area contributed by atoms with Gasteiger partial charge in [0.15, 0.2) is 0 Å². The normalized spacial score (nSPS) is 10.8. The highest BCUT2D eigenvalue weighted by Crippen LogP contribution is 2.03. The summed E-state index contributed by atoms with van der Waals surface area (Å²) in [6.07, 6.45) is 4.00. The van der Waals surface area contributed by atoms with E-state index in [0.29, 0.717) is 0 Å². The van der Waals surface area contributed by atoms with Crippen molar-refractivity contribution in [3.05, 3.63) is 0 Å². The van der Waals surface area contributed by atoms with Crippen molar-refractivity contribution in [1.29, 1.82) is 0 Å². The molecule has 2 heteroatoms. The Kier molecular flexibility index (Phi) is 7.41. The Labute approximate surface area is 66.4 Å². The summed E-state index contributed by atoms with van der Waals surface area (Å²) in [6.45, 7) is 5.69. The van der Waals surface area contributed by atoms with Gasteiger partial charge in [0.1, 0.15) is 0 Å². The van der Waals surface area contributed by atoms with Crippen LogP contribution in [0.15, 0.2) is 0 Å². The summed E-state index contributed by atoms with van der Waals surface area (Å²) in [7, 11) is 1.81. The summed E-state index contributed by atoms with van der Waals surface area (Å²) in [6, 6.07) is 1.47. The molecule has 10 heavy (non-hydrogen) atoms. The third-order valence-electron chi connectivity index (χ3n) is 1.53. The maximum atomic E-state index is 4.96. The Morgan fingerprint density at radius 1 is 1.10 bits per heavy atom. The van der Waals surface area contributed by atoms with Crippen molar-refractivity contribution in [2.45, 2.75) is 38.4 Å². The van der Waals surface area contributed by atoms with Crippen molar-refractivity contribution in [2.75, 3.05) is 13.7 Å². The van der Waals surface area contributed by atoms with Gasteiger partial charge in [-0.2, -0.15) is 0 Å². The molecule has 0 aliphatic rings. The zero-order valence-electron chi connectivity index (χ0n) is 7.44. The van der Waals surface area contributed by atoms with Crippen molar-refractivity contribution in [1.82, 2.24) is 0 Å². The van der Waals surface area contributed by atoms with E-state index in [9.17, 15) is 0 Å². The van der Waals surface area contributed by atoms with Crippen LogP contribution in [0.5, 0.6) is 0 Å². The van der Waals surface area contributed by atoms with Crippen LogP contribution in [0.4, 0.5) is 0 Å². The third kappa shape index (κ3) is 8.18. The van der Waals surface area contributed by atoms with Crippen LogP contribution in [0.3, 0.4) is 0 Å². The molecule has 0 N–H and O–H groups in total. The lowest BCUT2D eigenvalue weighted by Crippen LogP contribution is -1.98. The van der Waals surface area contributed by atoms with E-state index in [1.54, 1.807) is 7.11 Å². The average molecular weight is 159 g/mol. The van der Waals surface area contributed by atoms with E-state index in [2.05, 4.69) is 13.1 Å². The Morgan fingerprint density at radius 2 is 1.80 bits per heavy atom. The van der Waals surface area contributed by atoms with Gasteiger partial charge < -0.3 is 4.74 Å². The first-order chi connectivity index (χ1) is 4.77. The van der Waals surface area contributed by atoms with Crippen LogP contribution in [-0.2, 0) is 4.74 Å². The smallest absolute Gasteiger partial charge is 0.0462 e. The maximum absolute atomic E-state index is 4.96. The van der Waals surface area contributed by atoms with Crippen molar-refractivity contribution in [3.8, 4) is 0 Å². The molecule has 0 aliphatic heterocycles. The Balaban J connectivity index is 2.77. The minimum atomic E-state index is 0.0375. The molecule has 0 saturated heterocycles. The second-order valence-electron chi connectivity index (χ2n) is 3.01. The van der Waals surface area contributed by atoms with E-state index in [1.807, 2.05) is 0 Å². The number of methoxy groups -OCH3 is 1. The van der Waals surface area contributed by atoms with Crippen molar-refractivity contribution < 1.29 is 4.74 Å². The molecule has 0 rings (SSSR count). The van der Waals surface area contributed by atoms with E-state index in [1.165, 1.54) is 25.3 Å². The summed E-state index contributed by atoms with van der Waals surface area (Å²) in [5.41, 5.74) is 0. The van der Waals surface area contributed by atoms with Gasteiger partial charge in [0.2, 0.25) is 0 Å². The van der Waals surface area contributed by atoms with Gasteiger partial charge in [-0.3, -0.25) is 0 Å². The van der Waals surface area contributed by atoms with Crippen molar-refractivity contribution in [3.63, 3.8) is 0 Å². The molecule has 0 unspecified atom stereocenters. The van der Waals surface area contributed by atoms with Gasteiger partial charge in [0.25, 0.3) is 0 Å². The molecule has 0 aromatic heterocycles. The van der Waals surface area contributed by atoms with Crippen LogP contribution in [0.2, 0.25) is 19.1 Å². The second kappa shape index (κ2) is 7.29. The molecule has 0 fully saturated rings. The Bertz CT molecular complexity index is 64.3. The van der Waals surface area contributed by atoms with Crippen LogP contribution < -0.4 is 0 Å². The van der Waals surface area contributed by atoms with Crippen LogP contribution in [0.1, 0.15) is 19.3 Å². The molecule has 0 amide bonds. The zero-order chi connectivity index (χ0) is 7.82. The number of rotatable bonds is 6. The molecule has 0 heterocycles. The molecular weight excluding hydrogens is 140 g/mol. The molecule has 0 saturated carbocycles. The largest absolute Gasteiger partial charge is 0.385 e. The van der Waals surface area contributed by atoms with E-state index >= 15 is 0 Å². The topological polar surface area (TPSA) is 9.23 Å². The highest BCUT2D eigenvalue weighted by molar-refractivity contribution is 6.55. The quantitative estimate of drug-likeness (QED) is 0.427. The van der Waals surface area contributed by atoms with Gasteiger partial charge in [-0.15, -0.1) is 0 Å². The van der Waals surface area contributed by atoms with Gasteiger partial charge in [0.05, 0.1) is 0 Å². The molecule has 61 valence electrons. The molecule has 0 bridgehead atoms. The minimum absolute atomic E-state index is 0.0375. The standard InChI is InChI=1S/C8H19OSi/c1-9-7-5-4-6-8-10(2)3/h4-8H2,1-3H3. The van der Waals surface area contributed by atoms with E-state index in [-0.39, 0.29) is 8.80 Å². The van der Waals surface area contributed by atoms with Crippen molar-refractivity contribution >= 4 is 8.80 Å². The minimum Gasteiger partial charge on any atom is -0.385 e. The molecule has 0 aromatic carbocycles. The van der Waals surface area contributed by atoms with Crippen LogP contribution in [0, 0.1) is 0 Å². The number of hydrogen-bond acceptors (Lipinski definition) is 1. The zero-order valence-corrected chi connectivity index (χ0v) is 8.44. The highest BCUT2D eigenvalue weighted by atomic mass is 28.3. The molecule has 0 aliphatic carbocycles. The van der Waals surface area contributed by atoms with Gasteiger partial charge in [-0.1, -0.05) is 32.0 Å². The Hall–Kier alpha value is 0.177. The van der Waals surface area contributed by atoms with Crippen LogP contribution in [-0.4, -0.2) is 22.5 Å². The summed E-state index contributed by atoms with van der Waals surface area (Å²) in [5.74, 6) is 0. The lowest BCUT2D eigenvalue weighted by atomic mass is 10.3. The van der Waals surface area contributed by atoms with Gasteiger partial charge in [-0.25, -0.2) is 0 Å². The lowest BCUT2D eigenvalue weighted by molar-refractivity contribution is 0.192. The molecule has 1 nitrogen and oxygen atoms in total. The van der Waals surface area contributed by atoms with Gasteiger partial charge >= 0.3 is 0 Å². The third-order valence-corrected chi connectivity index (χ3v) is 2.88. The Morgan fingerprint density at radius 3 is 2.30 bits per heavy atom. The van der Waals surface area contributed by atoms with E-state index < -0.39 is 0 Å². The first-order valence-electron chi connectivity index (χ1n) is 4.05. The number of hydrogen-bond donors (Lipinski definition) is 0. The lowest BCUT2D eigenvalue weighted by Gasteiger charge is -2.01. The summed E-state index contributed by atoms with van der Waals surface area (Å²) >= 11 is 0. The maximum Gasteiger partial charge on any atom is 0.0462 e. The summed E-state index contributed by atoms with van der Waals surface area (Å²) in [4.78, 5) is 0. The van der Waals surface area contributed by atoms with Crippen LogP contribution in [0.25, 0.3) is 0 Å². The SMILES string of the molecule is COCCCCC[Si](C)C. The monoisotopic (exact) mass is 159 g/mol. The van der Waals surface area contributed by atoms with E-state index in [0.717, 1.165) is 6.61 Å². The average Bonchev–Trinajstić information content (AvgIpc) is 1.87. The highest BCUT2D eigenvalue weighted by Gasteiger charge is 1.94. The number of unbranched alkanes of at least 4 members (excludes halogenated alkanes) is 2. The second-order valence-corrected chi connectivity index (χ2v) is 5.92. The summed E-state index contributed by atoms with van der Waals surface area (Å²) < 4.78 is 4.96.